The summed E-state index contributed by atoms with van der Waals surface area (Å²) in [5, 5.41) is 2.58. The summed E-state index contributed by atoms with van der Waals surface area (Å²) in [5.74, 6) is 3.24. The molecule has 3 unspecified atom stereocenters. The van der Waals surface area contributed by atoms with Gasteiger partial charge in [0.1, 0.15) is 0 Å². The molecule has 6 aromatic rings. The summed E-state index contributed by atoms with van der Waals surface area (Å²) in [5.41, 5.74) is 14.8. The van der Waals surface area contributed by atoms with Gasteiger partial charge < -0.3 is 4.90 Å². The predicted octanol–water partition coefficient (Wildman–Crippen LogP) is 14.2. The van der Waals surface area contributed by atoms with Crippen molar-refractivity contribution < 1.29 is 0 Å². The van der Waals surface area contributed by atoms with E-state index in [-0.39, 0.29) is 5.41 Å². The lowest BCUT2D eigenvalue weighted by atomic mass is 9.81. The van der Waals surface area contributed by atoms with E-state index >= 15 is 0 Å². The summed E-state index contributed by atoms with van der Waals surface area (Å²) in [6.45, 7) is 4.82. The Labute approximate surface area is 304 Å². The number of nitrogens with zero attached hydrogens (tertiary/aromatic N) is 1. The smallest absolute Gasteiger partial charge is 0.0543 e. The van der Waals surface area contributed by atoms with Crippen molar-refractivity contribution in [1.29, 1.82) is 0 Å². The van der Waals surface area contributed by atoms with E-state index in [1.165, 1.54) is 125 Å². The molecule has 10 rings (SSSR count). The molecule has 3 atom stereocenters. The van der Waals surface area contributed by atoms with E-state index in [1.54, 1.807) is 5.56 Å². The number of anilines is 3. The Bertz CT molecular complexity index is 2230. The standard InChI is InChI=1S/C50H49N/c1-50(2)47-18-9-8-16-43(47)45-31-46(42-17-10-14-36-13-6-7-15-41(36)42)49(32-48(45)50)51(39-25-21-35(22-26-39)34-11-4-3-5-12-34)40-27-23-37(24-28-40)44-30-33-19-20-38(44)29-33/h6-10,13-18,21-28,31-34,38,44H,3-5,11-12,19-20,29-30H2,1-2H3. The van der Waals surface area contributed by atoms with E-state index in [4.69, 9.17) is 0 Å². The van der Waals surface area contributed by atoms with Crippen LogP contribution in [-0.4, -0.2) is 0 Å². The third-order valence-corrected chi connectivity index (χ3v) is 13.6. The minimum absolute atomic E-state index is 0.0971. The molecular formula is C50H49N. The molecule has 0 amide bonds. The van der Waals surface area contributed by atoms with Crippen LogP contribution in [0.25, 0.3) is 33.0 Å². The highest BCUT2D eigenvalue weighted by molar-refractivity contribution is 6.03. The summed E-state index contributed by atoms with van der Waals surface area (Å²) < 4.78 is 0. The Kier molecular flexibility index (Phi) is 7.49. The Hall–Kier alpha value is -4.62. The van der Waals surface area contributed by atoms with Gasteiger partial charge in [0.05, 0.1) is 5.69 Å². The molecule has 0 aliphatic heterocycles. The number of rotatable bonds is 6. The van der Waals surface area contributed by atoms with Gasteiger partial charge in [-0.1, -0.05) is 131 Å². The largest absolute Gasteiger partial charge is 0.310 e. The number of benzene rings is 6. The minimum atomic E-state index is -0.0971. The Balaban J connectivity index is 1.18. The monoisotopic (exact) mass is 663 g/mol. The maximum Gasteiger partial charge on any atom is 0.0543 e. The number of hydrogen-bond acceptors (Lipinski definition) is 1. The highest BCUT2D eigenvalue weighted by atomic mass is 15.1. The molecular weight excluding hydrogens is 615 g/mol. The van der Waals surface area contributed by atoms with Crippen LogP contribution in [-0.2, 0) is 5.41 Å². The average molecular weight is 664 g/mol. The minimum Gasteiger partial charge on any atom is -0.310 e. The fourth-order valence-electron chi connectivity index (χ4n) is 10.9. The molecule has 254 valence electrons. The molecule has 0 spiro atoms. The molecule has 4 aliphatic carbocycles. The lowest BCUT2D eigenvalue weighted by Gasteiger charge is -2.31. The third-order valence-electron chi connectivity index (χ3n) is 13.6. The Morgan fingerprint density at radius 1 is 0.529 bits per heavy atom. The predicted molar refractivity (Wildman–Crippen MR) is 216 cm³/mol. The zero-order chi connectivity index (χ0) is 34.1. The second-order valence-electron chi connectivity index (χ2n) is 16.7. The van der Waals surface area contributed by atoms with Crippen molar-refractivity contribution in [3.05, 3.63) is 150 Å². The van der Waals surface area contributed by atoms with Crippen molar-refractivity contribution in [2.24, 2.45) is 11.8 Å². The summed E-state index contributed by atoms with van der Waals surface area (Å²) in [6.07, 6.45) is 12.4. The lowest BCUT2D eigenvalue weighted by molar-refractivity contribution is 0.420. The third kappa shape index (κ3) is 5.18. The van der Waals surface area contributed by atoms with Gasteiger partial charge in [0.15, 0.2) is 0 Å². The van der Waals surface area contributed by atoms with Crippen LogP contribution in [0.15, 0.2) is 127 Å². The summed E-state index contributed by atoms with van der Waals surface area (Å²) >= 11 is 0. The van der Waals surface area contributed by atoms with Gasteiger partial charge in [-0.15, -0.1) is 0 Å². The van der Waals surface area contributed by atoms with Crippen molar-refractivity contribution in [1.82, 2.24) is 0 Å². The van der Waals surface area contributed by atoms with Crippen molar-refractivity contribution >= 4 is 27.8 Å². The second-order valence-corrected chi connectivity index (χ2v) is 16.7. The zero-order valence-electron chi connectivity index (χ0n) is 30.2. The zero-order valence-corrected chi connectivity index (χ0v) is 30.2. The molecule has 1 nitrogen and oxygen atoms in total. The molecule has 3 saturated carbocycles. The van der Waals surface area contributed by atoms with Gasteiger partial charge in [0, 0.05) is 22.4 Å². The van der Waals surface area contributed by atoms with Gasteiger partial charge in [-0.2, -0.15) is 0 Å². The molecule has 0 saturated heterocycles. The average Bonchev–Trinajstić information content (AvgIpc) is 3.88. The van der Waals surface area contributed by atoms with Crippen molar-refractivity contribution in [3.8, 4) is 22.3 Å². The summed E-state index contributed by atoms with van der Waals surface area (Å²) in [6, 6.07) is 49.3. The van der Waals surface area contributed by atoms with Crippen molar-refractivity contribution in [3.63, 3.8) is 0 Å². The molecule has 0 aromatic heterocycles. The second kappa shape index (κ2) is 12.3. The first-order valence-corrected chi connectivity index (χ1v) is 19.8. The van der Waals surface area contributed by atoms with Crippen LogP contribution in [0.2, 0.25) is 0 Å². The van der Waals surface area contributed by atoms with Crippen LogP contribution in [0, 0.1) is 11.8 Å². The summed E-state index contributed by atoms with van der Waals surface area (Å²) in [7, 11) is 0. The maximum atomic E-state index is 2.58. The van der Waals surface area contributed by atoms with Crippen LogP contribution in [0.4, 0.5) is 17.1 Å². The van der Waals surface area contributed by atoms with E-state index in [2.05, 4.69) is 146 Å². The molecule has 4 aliphatic rings. The molecule has 51 heavy (non-hydrogen) atoms. The topological polar surface area (TPSA) is 3.24 Å². The summed E-state index contributed by atoms with van der Waals surface area (Å²) in [4.78, 5) is 2.58. The van der Waals surface area contributed by atoms with Gasteiger partial charge in [0.2, 0.25) is 0 Å². The fraction of sp³-hybridized carbons (Fsp3) is 0.320. The van der Waals surface area contributed by atoms with Crippen LogP contribution in [0.3, 0.4) is 0 Å². The Morgan fingerprint density at radius 3 is 1.96 bits per heavy atom. The molecule has 2 bridgehead atoms. The highest BCUT2D eigenvalue weighted by Gasteiger charge is 2.40. The van der Waals surface area contributed by atoms with Gasteiger partial charge in [-0.3, -0.25) is 0 Å². The molecule has 0 heterocycles. The quantitative estimate of drug-likeness (QED) is 0.171. The molecule has 0 radical (unpaired) electrons. The van der Waals surface area contributed by atoms with Gasteiger partial charge >= 0.3 is 0 Å². The first kappa shape index (κ1) is 31.1. The van der Waals surface area contributed by atoms with E-state index in [1.807, 2.05) is 0 Å². The van der Waals surface area contributed by atoms with E-state index in [0.717, 1.165) is 17.8 Å². The van der Waals surface area contributed by atoms with Gasteiger partial charge in [-0.05, 0) is 142 Å². The molecule has 1 heteroatoms. The van der Waals surface area contributed by atoms with Crippen LogP contribution in [0.1, 0.15) is 106 Å². The first-order valence-electron chi connectivity index (χ1n) is 19.8. The first-order chi connectivity index (χ1) is 25.0. The molecule has 3 fully saturated rings. The van der Waals surface area contributed by atoms with Crippen LogP contribution < -0.4 is 4.90 Å². The van der Waals surface area contributed by atoms with E-state index < -0.39 is 0 Å². The van der Waals surface area contributed by atoms with Gasteiger partial charge in [0.25, 0.3) is 0 Å². The Morgan fingerprint density at radius 2 is 1.22 bits per heavy atom. The van der Waals surface area contributed by atoms with Crippen molar-refractivity contribution in [2.45, 2.75) is 88.9 Å². The fourth-order valence-corrected chi connectivity index (χ4v) is 10.9. The van der Waals surface area contributed by atoms with E-state index in [0.29, 0.717) is 5.92 Å². The van der Waals surface area contributed by atoms with E-state index in [9.17, 15) is 0 Å². The van der Waals surface area contributed by atoms with Crippen LogP contribution in [0.5, 0.6) is 0 Å². The number of fused-ring (bicyclic) bond motifs is 6. The van der Waals surface area contributed by atoms with Crippen LogP contribution >= 0.6 is 0 Å². The molecule has 0 N–H and O–H groups in total. The maximum absolute atomic E-state index is 2.58. The normalized spacial score (nSPS) is 21.9. The van der Waals surface area contributed by atoms with Crippen molar-refractivity contribution in [2.75, 3.05) is 4.90 Å². The lowest BCUT2D eigenvalue weighted by Crippen LogP contribution is -2.17. The molecule has 6 aromatic carbocycles. The highest BCUT2D eigenvalue weighted by Crippen LogP contribution is 2.55. The van der Waals surface area contributed by atoms with Gasteiger partial charge in [-0.25, -0.2) is 0 Å². The SMILES string of the molecule is CC1(C)c2ccccc2-c2cc(-c3cccc4ccccc34)c(N(c3ccc(C4CCCCC4)cc3)c3ccc(C4CC5CCC4C5)cc3)cc21. The number of hydrogen-bond donors (Lipinski definition) is 0.